The number of ether oxygens (including phenoxy) is 1. The number of nitrogens with zero attached hydrogens (tertiary/aromatic N) is 2. The normalized spacial score (nSPS) is 20.3. The Labute approximate surface area is 96.8 Å². The van der Waals surface area contributed by atoms with Gasteiger partial charge in [-0.2, -0.15) is 0 Å². The molecule has 1 amide bonds. The molecule has 0 radical (unpaired) electrons. The molecule has 1 aliphatic heterocycles. The van der Waals surface area contributed by atoms with E-state index in [1.54, 1.807) is 0 Å². The summed E-state index contributed by atoms with van der Waals surface area (Å²) in [6, 6.07) is 1.14. The molecule has 7 heteroatoms. The number of pyridine rings is 1. The summed E-state index contributed by atoms with van der Waals surface area (Å²) in [6.07, 6.45) is -0.406. The molecule has 1 fully saturated rings. The molecule has 2 rings (SSSR count). The lowest BCUT2D eigenvalue weighted by molar-refractivity contribution is -0.0269. The lowest BCUT2D eigenvalue weighted by Gasteiger charge is -2.30. The molecule has 3 N–H and O–H groups in total. The molecule has 1 saturated heterocycles. The Morgan fingerprint density at radius 1 is 1.71 bits per heavy atom. The van der Waals surface area contributed by atoms with Crippen LogP contribution in [0.4, 0.5) is 14.9 Å². The molecule has 0 bridgehead atoms. The minimum atomic E-state index is -1.05. The van der Waals surface area contributed by atoms with Crippen molar-refractivity contribution in [3.63, 3.8) is 0 Å². The maximum Gasteiger partial charge on any atom is 0.407 e. The fourth-order valence-electron chi connectivity index (χ4n) is 1.69. The van der Waals surface area contributed by atoms with Gasteiger partial charge in [0, 0.05) is 12.6 Å². The summed E-state index contributed by atoms with van der Waals surface area (Å²) in [4.78, 5) is 15.8. The van der Waals surface area contributed by atoms with Gasteiger partial charge in [0.25, 0.3) is 0 Å². The van der Waals surface area contributed by atoms with Gasteiger partial charge in [-0.3, -0.25) is 4.98 Å². The highest BCUT2D eigenvalue weighted by atomic mass is 19.1. The fourth-order valence-corrected chi connectivity index (χ4v) is 1.69. The van der Waals surface area contributed by atoms with Crippen LogP contribution in [0.1, 0.15) is 11.8 Å². The first-order valence-electron chi connectivity index (χ1n) is 5.08. The highest BCUT2D eigenvalue weighted by Gasteiger charge is 2.27. The Kier molecular flexibility index (Phi) is 3.10. The van der Waals surface area contributed by atoms with Gasteiger partial charge in [0.15, 0.2) is 0 Å². The predicted molar refractivity (Wildman–Crippen MR) is 56.9 cm³/mol. The van der Waals surface area contributed by atoms with Crippen molar-refractivity contribution < 1.29 is 19.0 Å². The van der Waals surface area contributed by atoms with Gasteiger partial charge in [0.05, 0.1) is 25.0 Å². The third-order valence-electron chi connectivity index (χ3n) is 2.53. The van der Waals surface area contributed by atoms with E-state index in [0.717, 1.165) is 6.07 Å². The first-order chi connectivity index (χ1) is 8.08. The molecular weight excluding hydrogens is 229 g/mol. The monoisotopic (exact) mass is 241 g/mol. The van der Waals surface area contributed by atoms with Crippen LogP contribution in [0.15, 0.2) is 12.3 Å². The zero-order valence-corrected chi connectivity index (χ0v) is 8.97. The van der Waals surface area contributed by atoms with E-state index < -0.39 is 18.0 Å². The number of nitrogen functional groups attached to an aromatic ring is 1. The molecule has 0 spiro atoms. The van der Waals surface area contributed by atoms with Crippen LogP contribution in [0.2, 0.25) is 0 Å². The van der Waals surface area contributed by atoms with Crippen molar-refractivity contribution in [2.24, 2.45) is 0 Å². The van der Waals surface area contributed by atoms with E-state index in [9.17, 15) is 9.18 Å². The second kappa shape index (κ2) is 4.54. The first-order valence-corrected chi connectivity index (χ1v) is 5.08. The zero-order valence-electron chi connectivity index (χ0n) is 8.97. The number of halogens is 1. The second-order valence-electron chi connectivity index (χ2n) is 3.72. The molecule has 92 valence electrons. The first kappa shape index (κ1) is 11.6. The van der Waals surface area contributed by atoms with Gasteiger partial charge in [-0.25, -0.2) is 9.18 Å². The Hall–Kier alpha value is -1.89. The predicted octanol–water partition coefficient (Wildman–Crippen LogP) is 0.854. The van der Waals surface area contributed by atoms with Gasteiger partial charge in [-0.05, 0) is 0 Å². The molecule has 1 aromatic heterocycles. The molecule has 6 nitrogen and oxygen atoms in total. The molecule has 0 aliphatic carbocycles. The minimum Gasteiger partial charge on any atom is -0.465 e. The topological polar surface area (TPSA) is 88.7 Å². The lowest BCUT2D eigenvalue weighted by atomic mass is 10.2. The zero-order chi connectivity index (χ0) is 12.4. The third kappa shape index (κ3) is 2.44. The van der Waals surface area contributed by atoms with E-state index in [-0.39, 0.29) is 31.1 Å². The van der Waals surface area contributed by atoms with Crippen molar-refractivity contribution in [2.75, 3.05) is 25.4 Å². The van der Waals surface area contributed by atoms with Crippen molar-refractivity contribution in [1.82, 2.24) is 9.88 Å². The standard InChI is InChI=1S/C10H12FN3O3/c11-7-3-6(12)4-13-9(7)8-5-14(10(15)16)1-2-17-8/h3-4,8H,1-2,5,12H2,(H,15,16). The molecule has 2 heterocycles. The number of carbonyl (C=O) groups is 1. The molecule has 1 aliphatic rings. The lowest BCUT2D eigenvalue weighted by Crippen LogP contribution is -2.41. The molecule has 1 aromatic rings. The molecule has 0 aromatic carbocycles. The van der Waals surface area contributed by atoms with E-state index in [0.29, 0.717) is 0 Å². The van der Waals surface area contributed by atoms with Crippen LogP contribution in [0, 0.1) is 5.82 Å². The Morgan fingerprint density at radius 2 is 2.47 bits per heavy atom. The second-order valence-corrected chi connectivity index (χ2v) is 3.72. The summed E-state index contributed by atoms with van der Waals surface area (Å²) in [5.41, 5.74) is 5.69. The summed E-state index contributed by atoms with van der Waals surface area (Å²) in [5.74, 6) is -0.581. The van der Waals surface area contributed by atoms with Crippen molar-refractivity contribution in [1.29, 1.82) is 0 Å². The number of aromatic nitrogens is 1. The fraction of sp³-hybridized carbons (Fsp3) is 0.400. The van der Waals surface area contributed by atoms with Crippen molar-refractivity contribution in [2.45, 2.75) is 6.10 Å². The van der Waals surface area contributed by atoms with E-state index >= 15 is 0 Å². The number of rotatable bonds is 1. The van der Waals surface area contributed by atoms with E-state index in [1.165, 1.54) is 11.1 Å². The average Bonchev–Trinajstić information content (AvgIpc) is 2.29. The highest BCUT2D eigenvalue weighted by Crippen LogP contribution is 2.23. The van der Waals surface area contributed by atoms with Crippen molar-refractivity contribution >= 4 is 11.8 Å². The highest BCUT2D eigenvalue weighted by molar-refractivity contribution is 5.65. The van der Waals surface area contributed by atoms with Crippen LogP contribution in [0.25, 0.3) is 0 Å². The van der Waals surface area contributed by atoms with Crippen LogP contribution in [0.5, 0.6) is 0 Å². The Bertz CT molecular complexity index is 441. The SMILES string of the molecule is Nc1cnc(C2CN(C(=O)O)CCO2)c(F)c1. The number of amides is 1. The summed E-state index contributed by atoms with van der Waals surface area (Å²) < 4.78 is 18.9. The molecular formula is C10H12FN3O3. The van der Waals surface area contributed by atoms with Gasteiger partial charge in [0.2, 0.25) is 0 Å². The maximum absolute atomic E-state index is 13.6. The van der Waals surface area contributed by atoms with Gasteiger partial charge in [-0.1, -0.05) is 0 Å². The van der Waals surface area contributed by atoms with Crippen molar-refractivity contribution in [3.05, 3.63) is 23.8 Å². The minimum absolute atomic E-state index is 0.0726. The molecule has 1 atom stereocenters. The van der Waals surface area contributed by atoms with Gasteiger partial charge in [0.1, 0.15) is 17.6 Å². The summed E-state index contributed by atoms with van der Waals surface area (Å²) in [5, 5.41) is 8.85. The van der Waals surface area contributed by atoms with E-state index in [2.05, 4.69) is 4.98 Å². The Morgan fingerprint density at radius 3 is 3.12 bits per heavy atom. The van der Waals surface area contributed by atoms with Crippen LogP contribution >= 0.6 is 0 Å². The molecule has 1 unspecified atom stereocenters. The van der Waals surface area contributed by atoms with Crippen LogP contribution in [-0.4, -0.2) is 40.8 Å². The number of nitrogens with two attached hydrogens (primary N) is 1. The van der Waals surface area contributed by atoms with Crippen LogP contribution < -0.4 is 5.73 Å². The number of anilines is 1. The van der Waals surface area contributed by atoms with Gasteiger partial charge >= 0.3 is 6.09 Å². The average molecular weight is 241 g/mol. The van der Waals surface area contributed by atoms with Crippen LogP contribution in [0.3, 0.4) is 0 Å². The molecule has 17 heavy (non-hydrogen) atoms. The van der Waals surface area contributed by atoms with E-state index in [1.807, 2.05) is 0 Å². The number of morpholine rings is 1. The quantitative estimate of drug-likeness (QED) is 0.761. The summed E-state index contributed by atoms with van der Waals surface area (Å²) in [7, 11) is 0. The van der Waals surface area contributed by atoms with Crippen LogP contribution in [-0.2, 0) is 4.74 Å². The Balaban J connectivity index is 2.19. The molecule has 0 saturated carbocycles. The summed E-state index contributed by atoms with van der Waals surface area (Å²) in [6.45, 7) is 0.577. The summed E-state index contributed by atoms with van der Waals surface area (Å²) >= 11 is 0. The maximum atomic E-state index is 13.6. The number of hydrogen-bond donors (Lipinski definition) is 2. The van der Waals surface area contributed by atoms with Gasteiger partial charge < -0.3 is 20.5 Å². The largest absolute Gasteiger partial charge is 0.465 e. The smallest absolute Gasteiger partial charge is 0.407 e. The third-order valence-corrected chi connectivity index (χ3v) is 2.53. The van der Waals surface area contributed by atoms with E-state index in [4.69, 9.17) is 15.6 Å². The van der Waals surface area contributed by atoms with Crippen molar-refractivity contribution in [3.8, 4) is 0 Å². The number of hydrogen-bond acceptors (Lipinski definition) is 4. The van der Waals surface area contributed by atoms with Gasteiger partial charge in [-0.15, -0.1) is 0 Å². The number of carboxylic acid groups (broad SMARTS) is 1.